The molecule has 28 heavy (non-hydrogen) atoms. The molecular weight excluding hydrogens is 374 g/mol. The Morgan fingerprint density at radius 3 is 2.75 bits per heavy atom. The third-order valence-corrected chi connectivity index (χ3v) is 5.88. The van der Waals surface area contributed by atoms with Gasteiger partial charge < -0.3 is 15.9 Å². The molecule has 0 saturated carbocycles. The summed E-state index contributed by atoms with van der Waals surface area (Å²) in [7, 11) is 0. The second-order valence-corrected chi connectivity index (χ2v) is 8.21. The number of aliphatic imine (C=N–C) groups is 1. The van der Waals surface area contributed by atoms with Crippen molar-refractivity contribution in [3.63, 3.8) is 0 Å². The van der Waals surface area contributed by atoms with Crippen molar-refractivity contribution in [1.29, 1.82) is 0 Å². The molecule has 6 nitrogen and oxygen atoms in total. The van der Waals surface area contributed by atoms with E-state index in [2.05, 4.69) is 21.4 Å². The number of amidine groups is 1. The predicted molar refractivity (Wildman–Crippen MR) is 111 cm³/mol. The lowest BCUT2D eigenvalue weighted by molar-refractivity contribution is -0.132. The Kier molecular flexibility index (Phi) is 5.21. The van der Waals surface area contributed by atoms with Crippen molar-refractivity contribution in [1.82, 2.24) is 4.31 Å². The van der Waals surface area contributed by atoms with Crippen LogP contribution >= 0.6 is 11.9 Å². The van der Waals surface area contributed by atoms with E-state index in [1.54, 1.807) is 18.0 Å². The van der Waals surface area contributed by atoms with Gasteiger partial charge in [0.15, 0.2) is 0 Å². The lowest BCUT2D eigenvalue weighted by Crippen LogP contribution is -2.43. The Labute approximate surface area is 167 Å². The summed E-state index contributed by atoms with van der Waals surface area (Å²) >= 11 is 1.69. The molecule has 4 N–H and O–H groups in total. The molecule has 0 aliphatic carbocycles. The minimum absolute atomic E-state index is 0.135. The number of hydrogen-bond donors (Lipinski definition) is 3. The zero-order chi connectivity index (χ0) is 19.7. The molecule has 2 aromatic rings. The van der Waals surface area contributed by atoms with Crippen molar-refractivity contribution in [2.24, 2.45) is 16.6 Å². The third kappa shape index (κ3) is 3.96. The number of nitrogens with two attached hydrogens (primary N) is 1. The van der Waals surface area contributed by atoms with Crippen LogP contribution in [0, 0.1) is 5.92 Å². The van der Waals surface area contributed by atoms with Gasteiger partial charge in [0.2, 0.25) is 0 Å². The van der Waals surface area contributed by atoms with Crippen molar-refractivity contribution < 1.29 is 15.0 Å². The maximum Gasteiger partial charge on any atom is 0.332 e. The minimum atomic E-state index is -0.978. The predicted octanol–water partition coefficient (Wildman–Crippen LogP) is 3.15. The Morgan fingerprint density at radius 2 is 2.00 bits per heavy atom. The zero-order valence-electron chi connectivity index (χ0n) is 15.2. The Balaban J connectivity index is 1.60. The number of rotatable bonds is 5. The van der Waals surface area contributed by atoms with Gasteiger partial charge >= 0.3 is 5.97 Å². The van der Waals surface area contributed by atoms with Crippen molar-refractivity contribution in [3.05, 3.63) is 53.6 Å². The number of aliphatic hydroxyl groups excluding tert-OH is 1. The van der Waals surface area contributed by atoms with Crippen LogP contribution in [0.25, 0.3) is 17.2 Å². The number of fused-ring (bicyclic) bond motifs is 1. The van der Waals surface area contributed by atoms with E-state index in [-0.39, 0.29) is 18.6 Å². The second-order valence-electron chi connectivity index (χ2n) is 7.04. The summed E-state index contributed by atoms with van der Waals surface area (Å²) in [4.78, 5) is 16.9. The van der Waals surface area contributed by atoms with Crippen LogP contribution in [-0.4, -0.2) is 46.0 Å². The lowest BCUT2D eigenvalue weighted by atomic mass is 10.0. The summed E-state index contributed by atoms with van der Waals surface area (Å²) in [5.41, 5.74) is 9.64. The van der Waals surface area contributed by atoms with Crippen molar-refractivity contribution in [2.75, 3.05) is 19.7 Å². The van der Waals surface area contributed by atoms with Crippen LogP contribution in [0.5, 0.6) is 0 Å². The smallest absolute Gasteiger partial charge is 0.332 e. The average molecular weight is 395 g/mol. The van der Waals surface area contributed by atoms with Gasteiger partial charge in [-0.2, -0.15) is 0 Å². The van der Waals surface area contributed by atoms with E-state index in [4.69, 9.17) is 10.8 Å². The summed E-state index contributed by atoms with van der Waals surface area (Å²) in [5.74, 6) is -0.299. The molecule has 0 aromatic heterocycles. The number of aliphatic carboxylic acids is 1. The fourth-order valence-corrected chi connectivity index (χ4v) is 4.49. The molecular formula is C21H21N3O3S. The van der Waals surface area contributed by atoms with Gasteiger partial charge in [0.05, 0.1) is 5.69 Å². The lowest BCUT2D eigenvalue weighted by Gasteiger charge is -2.36. The molecule has 0 bridgehead atoms. The van der Waals surface area contributed by atoms with E-state index < -0.39 is 5.97 Å². The molecule has 0 atom stereocenters. The van der Waals surface area contributed by atoms with Gasteiger partial charge in [-0.1, -0.05) is 24.3 Å². The SMILES string of the molecule is NC1=Nc2cc(-c3cccc(SN4CC(CO)C4)c3)ccc2C=C(C(=O)O)C1. The molecule has 1 saturated heterocycles. The zero-order valence-corrected chi connectivity index (χ0v) is 16.0. The van der Waals surface area contributed by atoms with Crippen LogP contribution < -0.4 is 5.73 Å². The maximum absolute atomic E-state index is 11.3. The van der Waals surface area contributed by atoms with Crippen LogP contribution in [-0.2, 0) is 4.79 Å². The second kappa shape index (κ2) is 7.79. The first-order chi connectivity index (χ1) is 13.5. The molecule has 2 aliphatic rings. The van der Waals surface area contributed by atoms with Crippen molar-refractivity contribution in [3.8, 4) is 11.1 Å². The monoisotopic (exact) mass is 395 g/mol. The van der Waals surface area contributed by atoms with Gasteiger partial charge in [-0.3, -0.25) is 0 Å². The van der Waals surface area contributed by atoms with E-state index in [1.807, 2.05) is 30.3 Å². The van der Waals surface area contributed by atoms with Crippen LogP contribution in [0.3, 0.4) is 0 Å². The molecule has 144 valence electrons. The van der Waals surface area contributed by atoms with Crippen LogP contribution in [0.1, 0.15) is 12.0 Å². The molecule has 0 radical (unpaired) electrons. The highest BCUT2D eigenvalue weighted by Crippen LogP contribution is 2.35. The number of carbonyl (C=O) groups is 1. The highest BCUT2D eigenvalue weighted by molar-refractivity contribution is 7.97. The molecule has 0 unspecified atom stereocenters. The normalized spacial score (nSPS) is 17.2. The fourth-order valence-electron chi connectivity index (χ4n) is 3.30. The van der Waals surface area contributed by atoms with Crippen LogP contribution in [0.2, 0.25) is 0 Å². The maximum atomic E-state index is 11.3. The molecule has 0 amide bonds. The van der Waals surface area contributed by atoms with Gasteiger partial charge in [0.25, 0.3) is 0 Å². The van der Waals surface area contributed by atoms with Crippen LogP contribution in [0.4, 0.5) is 5.69 Å². The topological polar surface area (TPSA) is 99.1 Å². The van der Waals surface area contributed by atoms with E-state index in [1.165, 1.54) is 0 Å². The molecule has 2 aromatic carbocycles. The standard InChI is InChI=1S/C21H21N3O3S/c22-20-9-17(21(26)27)6-16-5-4-15(8-19(16)23-20)14-2-1-3-18(7-14)28-24-10-13(11-24)12-25/h1-8,13,25H,9-12H2,(H2,22,23)(H,26,27). The molecule has 7 heteroatoms. The summed E-state index contributed by atoms with van der Waals surface area (Å²) in [6, 6.07) is 14.1. The van der Waals surface area contributed by atoms with Gasteiger partial charge in [-0.25, -0.2) is 14.1 Å². The highest BCUT2D eigenvalue weighted by atomic mass is 32.2. The Bertz CT molecular complexity index is 981. The van der Waals surface area contributed by atoms with Crippen molar-refractivity contribution in [2.45, 2.75) is 11.3 Å². The summed E-state index contributed by atoms with van der Waals surface area (Å²) < 4.78 is 2.24. The number of nitrogens with zero attached hydrogens (tertiary/aromatic N) is 2. The number of carboxylic acid groups (broad SMARTS) is 1. The third-order valence-electron chi connectivity index (χ3n) is 4.85. The fraction of sp³-hybridized carbons (Fsp3) is 0.238. The first-order valence-corrected chi connectivity index (χ1v) is 9.84. The van der Waals surface area contributed by atoms with Gasteiger partial charge in [0, 0.05) is 48.1 Å². The first-order valence-electron chi connectivity index (χ1n) is 9.07. The average Bonchev–Trinajstić information content (AvgIpc) is 2.82. The van der Waals surface area contributed by atoms with E-state index >= 15 is 0 Å². The van der Waals surface area contributed by atoms with E-state index in [9.17, 15) is 9.90 Å². The molecule has 2 heterocycles. The molecule has 0 spiro atoms. The number of carboxylic acids is 1. The number of benzene rings is 2. The summed E-state index contributed by atoms with van der Waals surface area (Å²) in [5, 5.41) is 18.5. The van der Waals surface area contributed by atoms with Gasteiger partial charge in [-0.05, 0) is 47.3 Å². The highest BCUT2D eigenvalue weighted by Gasteiger charge is 2.26. The quantitative estimate of drug-likeness (QED) is 0.673. The Hall–Kier alpha value is -2.61. The van der Waals surface area contributed by atoms with Gasteiger partial charge in [-0.15, -0.1) is 0 Å². The number of aliphatic hydroxyl groups is 1. The first kappa shape index (κ1) is 18.7. The van der Waals surface area contributed by atoms with E-state index in [0.29, 0.717) is 17.4 Å². The van der Waals surface area contributed by atoms with Crippen molar-refractivity contribution >= 4 is 35.5 Å². The largest absolute Gasteiger partial charge is 0.478 e. The minimum Gasteiger partial charge on any atom is -0.478 e. The molecule has 2 aliphatic heterocycles. The molecule has 1 fully saturated rings. The van der Waals surface area contributed by atoms with Crippen LogP contribution in [0.15, 0.2) is 57.9 Å². The van der Waals surface area contributed by atoms with Gasteiger partial charge in [0.1, 0.15) is 5.84 Å². The number of hydrogen-bond acceptors (Lipinski definition) is 6. The summed E-state index contributed by atoms with van der Waals surface area (Å²) in [6.45, 7) is 2.04. The van der Waals surface area contributed by atoms with E-state index in [0.717, 1.165) is 34.7 Å². The summed E-state index contributed by atoms with van der Waals surface area (Å²) in [6.07, 6.45) is 1.77. The Morgan fingerprint density at radius 1 is 1.21 bits per heavy atom. The molecule has 4 rings (SSSR count).